The van der Waals surface area contributed by atoms with Crippen LogP contribution < -0.4 is 10.7 Å². The van der Waals surface area contributed by atoms with E-state index < -0.39 is 11.8 Å². The number of anilines is 1. The third-order valence-electron chi connectivity index (χ3n) is 5.03. The molecule has 0 unspecified atom stereocenters. The Morgan fingerprint density at radius 3 is 2.31 bits per heavy atom. The van der Waals surface area contributed by atoms with Crippen molar-refractivity contribution in [3.8, 4) is 5.69 Å². The Balaban J connectivity index is 1.66. The number of hydrogen-bond donors (Lipinski definition) is 2. The number of nitrogens with one attached hydrogen (secondary N) is 2. The number of aromatic nitrogens is 1. The maximum atomic E-state index is 12.1. The molecule has 2 N–H and O–H groups in total. The summed E-state index contributed by atoms with van der Waals surface area (Å²) in [5.41, 5.74) is 7.32. The van der Waals surface area contributed by atoms with Crippen molar-refractivity contribution in [2.75, 3.05) is 5.32 Å². The van der Waals surface area contributed by atoms with Gasteiger partial charge in [0.15, 0.2) is 0 Å². The minimum absolute atomic E-state index is 0.384. The molecule has 0 radical (unpaired) electrons. The zero-order valence-electron chi connectivity index (χ0n) is 18.2. The fourth-order valence-electron chi connectivity index (χ4n) is 3.30. The molecule has 8 heteroatoms. The Bertz CT molecular complexity index is 1180. The lowest BCUT2D eigenvalue weighted by Gasteiger charge is -2.11. The highest BCUT2D eigenvalue weighted by Crippen LogP contribution is 2.28. The van der Waals surface area contributed by atoms with E-state index >= 15 is 0 Å². The lowest BCUT2D eigenvalue weighted by molar-refractivity contribution is -0.136. The Morgan fingerprint density at radius 2 is 1.69 bits per heavy atom. The molecule has 0 spiro atoms. The van der Waals surface area contributed by atoms with Gasteiger partial charge in [-0.3, -0.25) is 9.59 Å². The fourth-order valence-corrected chi connectivity index (χ4v) is 3.80. The molecule has 6 nitrogen and oxygen atoms in total. The van der Waals surface area contributed by atoms with Gasteiger partial charge in [0, 0.05) is 27.7 Å². The normalized spacial score (nSPS) is 11.2. The molecule has 1 heterocycles. The SMILES string of the molecule is Cc1cc(/C=N\NC(=O)C(=O)Nc2ccc(C(C)C)cc2)c(C)n1-c1ccc(Cl)cc1Cl. The molecule has 2 amide bonds. The standard InChI is InChI=1S/C24H24Cl2N4O2/c1-14(2)17-5-8-20(9-6-17)28-23(31)24(32)29-27-13-18-11-15(3)30(16(18)4)22-10-7-19(25)12-21(22)26/h5-14H,1-4H3,(H,28,31)(H,29,32)/b27-13-. The van der Waals surface area contributed by atoms with Crippen LogP contribution in [0.25, 0.3) is 5.69 Å². The molecule has 0 aliphatic carbocycles. The first-order valence-corrected chi connectivity index (χ1v) is 10.8. The Labute approximate surface area is 197 Å². The van der Waals surface area contributed by atoms with Gasteiger partial charge in [0.25, 0.3) is 0 Å². The van der Waals surface area contributed by atoms with Gasteiger partial charge in [0.05, 0.1) is 16.9 Å². The first kappa shape index (κ1) is 23.6. The Kier molecular flexibility index (Phi) is 7.38. The largest absolute Gasteiger partial charge is 0.329 e. The smallest absolute Gasteiger partial charge is 0.318 e. The third-order valence-corrected chi connectivity index (χ3v) is 5.57. The van der Waals surface area contributed by atoms with Gasteiger partial charge < -0.3 is 9.88 Å². The average Bonchev–Trinajstić information content (AvgIpc) is 3.01. The first-order chi connectivity index (χ1) is 15.2. The van der Waals surface area contributed by atoms with E-state index in [-0.39, 0.29) is 0 Å². The highest BCUT2D eigenvalue weighted by molar-refractivity contribution is 6.39. The van der Waals surface area contributed by atoms with Crippen LogP contribution in [0.2, 0.25) is 10.0 Å². The number of aryl methyl sites for hydroxylation is 1. The summed E-state index contributed by atoms with van der Waals surface area (Å²) < 4.78 is 1.97. The summed E-state index contributed by atoms with van der Waals surface area (Å²) in [5.74, 6) is -1.27. The average molecular weight is 471 g/mol. The summed E-state index contributed by atoms with van der Waals surface area (Å²) >= 11 is 12.3. The maximum absolute atomic E-state index is 12.1. The molecular formula is C24H24Cl2N4O2. The molecule has 0 saturated carbocycles. The maximum Gasteiger partial charge on any atom is 0.329 e. The van der Waals surface area contributed by atoms with Gasteiger partial charge in [0.1, 0.15) is 0 Å². The summed E-state index contributed by atoms with van der Waals surface area (Å²) in [7, 11) is 0. The third kappa shape index (κ3) is 5.39. The molecule has 0 saturated heterocycles. The van der Waals surface area contributed by atoms with E-state index in [4.69, 9.17) is 23.2 Å². The molecule has 2 aromatic carbocycles. The van der Waals surface area contributed by atoms with Crippen molar-refractivity contribution in [1.82, 2.24) is 9.99 Å². The van der Waals surface area contributed by atoms with Crippen molar-refractivity contribution in [3.63, 3.8) is 0 Å². The Morgan fingerprint density at radius 1 is 1.00 bits per heavy atom. The number of hydrazone groups is 1. The number of carbonyl (C=O) groups excluding carboxylic acids is 2. The van der Waals surface area contributed by atoms with Crippen molar-refractivity contribution >= 4 is 46.9 Å². The van der Waals surface area contributed by atoms with E-state index in [1.165, 1.54) is 6.21 Å². The van der Waals surface area contributed by atoms with E-state index in [0.29, 0.717) is 21.7 Å². The predicted molar refractivity (Wildman–Crippen MR) is 130 cm³/mol. The topological polar surface area (TPSA) is 75.5 Å². The minimum atomic E-state index is -0.858. The summed E-state index contributed by atoms with van der Waals surface area (Å²) in [4.78, 5) is 24.2. The zero-order valence-corrected chi connectivity index (χ0v) is 19.8. The molecule has 1 aromatic heterocycles. The molecule has 0 aliphatic rings. The van der Waals surface area contributed by atoms with Gasteiger partial charge in [-0.15, -0.1) is 0 Å². The van der Waals surface area contributed by atoms with Crippen molar-refractivity contribution in [3.05, 3.63) is 81.1 Å². The quantitative estimate of drug-likeness (QED) is 0.288. The molecule has 32 heavy (non-hydrogen) atoms. The van der Waals surface area contributed by atoms with Crippen LogP contribution in [0, 0.1) is 13.8 Å². The van der Waals surface area contributed by atoms with Crippen LogP contribution in [0.3, 0.4) is 0 Å². The highest BCUT2D eigenvalue weighted by atomic mass is 35.5. The lowest BCUT2D eigenvalue weighted by Crippen LogP contribution is -2.32. The zero-order chi connectivity index (χ0) is 23.4. The number of carbonyl (C=O) groups is 2. The summed E-state index contributed by atoms with van der Waals surface area (Å²) in [5, 5.41) is 7.57. The van der Waals surface area contributed by atoms with E-state index in [0.717, 1.165) is 28.2 Å². The lowest BCUT2D eigenvalue weighted by atomic mass is 10.0. The van der Waals surface area contributed by atoms with Gasteiger partial charge in [-0.1, -0.05) is 49.2 Å². The van der Waals surface area contributed by atoms with Gasteiger partial charge in [-0.05, 0) is 61.7 Å². The molecule has 0 bridgehead atoms. The van der Waals surface area contributed by atoms with Crippen LogP contribution in [-0.4, -0.2) is 22.6 Å². The molecule has 0 fully saturated rings. The van der Waals surface area contributed by atoms with Crippen LogP contribution in [0.15, 0.2) is 53.6 Å². The summed E-state index contributed by atoms with van der Waals surface area (Å²) in [6, 6.07) is 14.6. The summed E-state index contributed by atoms with van der Waals surface area (Å²) in [6.45, 7) is 8.02. The van der Waals surface area contributed by atoms with Gasteiger partial charge in [0.2, 0.25) is 0 Å². The fraction of sp³-hybridized carbons (Fsp3) is 0.208. The molecule has 0 atom stereocenters. The first-order valence-electron chi connectivity index (χ1n) is 10.1. The molecule has 3 rings (SSSR count). The molecular weight excluding hydrogens is 447 g/mol. The second kappa shape index (κ2) is 10.0. The Hall–Kier alpha value is -3.09. The number of amides is 2. The van der Waals surface area contributed by atoms with Gasteiger partial charge >= 0.3 is 11.8 Å². The minimum Gasteiger partial charge on any atom is -0.318 e. The molecule has 3 aromatic rings. The molecule has 166 valence electrons. The van der Waals surface area contributed by atoms with E-state index in [2.05, 4.69) is 29.7 Å². The second-order valence-corrected chi connectivity index (χ2v) is 8.53. The highest BCUT2D eigenvalue weighted by Gasteiger charge is 2.15. The van der Waals surface area contributed by atoms with Crippen LogP contribution in [0.5, 0.6) is 0 Å². The van der Waals surface area contributed by atoms with E-state index in [1.54, 1.807) is 24.3 Å². The second-order valence-electron chi connectivity index (χ2n) is 7.69. The number of nitrogens with zero attached hydrogens (tertiary/aromatic N) is 2. The van der Waals surface area contributed by atoms with Crippen LogP contribution >= 0.6 is 23.2 Å². The van der Waals surface area contributed by atoms with Crippen LogP contribution in [0.1, 0.15) is 42.3 Å². The van der Waals surface area contributed by atoms with Crippen LogP contribution in [-0.2, 0) is 9.59 Å². The number of benzene rings is 2. The van der Waals surface area contributed by atoms with E-state index in [9.17, 15) is 9.59 Å². The number of rotatable bonds is 5. The van der Waals surface area contributed by atoms with Gasteiger partial charge in [-0.25, -0.2) is 5.43 Å². The summed E-state index contributed by atoms with van der Waals surface area (Å²) in [6.07, 6.45) is 1.49. The molecule has 0 aliphatic heterocycles. The van der Waals surface area contributed by atoms with Gasteiger partial charge in [-0.2, -0.15) is 5.10 Å². The number of hydrogen-bond acceptors (Lipinski definition) is 3. The number of halogens is 2. The van der Waals surface area contributed by atoms with Crippen LogP contribution in [0.4, 0.5) is 5.69 Å². The van der Waals surface area contributed by atoms with Crippen molar-refractivity contribution < 1.29 is 9.59 Å². The monoisotopic (exact) mass is 470 g/mol. The predicted octanol–water partition coefficient (Wildman–Crippen LogP) is 5.61. The van der Waals surface area contributed by atoms with Crippen molar-refractivity contribution in [2.24, 2.45) is 5.10 Å². The van der Waals surface area contributed by atoms with Crippen molar-refractivity contribution in [1.29, 1.82) is 0 Å². The van der Waals surface area contributed by atoms with E-state index in [1.807, 2.05) is 42.7 Å². The van der Waals surface area contributed by atoms with Crippen molar-refractivity contribution in [2.45, 2.75) is 33.6 Å².